The minimum Gasteiger partial charge on any atom is -0.394 e. The van der Waals surface area contributed by atoms with E-state index in [1.54, 1.807) is 0 Å². The molecule has 1 amide bonds. The van der Waals surface area contributed by atoms with Gasteiger partial charge in [-0.2, -0.15) is 0 Å². The Kier molecular flexibility index (Phi) is 43.4. The number of hydrogen-bond donors (Lipinski definition) is 5. The van der Waals surface area contributed by atoms with Crippen molar-refractivity contribution in [1.82, 2.24) is 5.32 Å². The van der Waals surface area contributed by atoms with Crippen LogP contribution in [0.1, 0.15) is 264 Å². The fourth-order valence-corrected chi connectivity index (χ4v) is 7.80. The maximum atomic E-state index is 12.5. The van der Waals surface area contributed by atoms with E-state index in [0.717, 1.165) is 57.8 Å². The van der Waals surface area contributed by atoms with Gasteiger partial charge in [0.25, 0.3) is 0 Å². The average Bonchev–Trinajstić information content (AvgIpc) is 3.19. The van der Waals surface area contributed by atoms with Gasteiger partial charge in [0.05, 0.1) is 18.8 Å². The zero-order valence-electron chi connectivity index (χ0n) is 36.9. The molecule has 6 nitrogen and oxygen atoms in total. The van der Waals surface area contributed by atoms with Gasteiger partial charge in [-0.3, -0.25) is 4.79 Å². The van der Waals surface area contributed by atoms with Gasteiger partial charge in [0.1, 0.15) is 12.2 Å². The molecule has 6 heteroatoms. The van der Waals surface area contributed by atoms with Crippen LogP contribution in [0.5, 0.6) is 0 Å². The summed E-state index contributed by atoms with van der Waals surface area (Å²) < 4.78 is 0. The number of unbranched alkanes of at least 4 members (excludes halogenated alkanes) is 34. The molecule has 0 saturated carbocycles. The van der Waals surface area contributed by atoms with E-state index in [-0.39, 0.29) is 0 Å². The molecule has 328 valence electrons. The van der Waals surface area contributed by atoms with Crippen LogP contribution in [0.4, 0.5) is 0 Å². The van der Waals surface area contributed by atoms with E-state index in [1.807, 2.05) is 0 Å². The SMILES string of the molecule is CCCC/C=C\CCCCCCC(O)C(=O)NC(CO)C(O)C(O)CCCCCCCCCCCCCCCCCCCCCCCCCCCCCCC. The Morgan fingerprint density at radius 2 is 0.745 bits per heavy atom. The van der Waals surface area contributed by atoms with Gasteiger partial charge in [0.2, 0.25) is 5.91 Å². The van der Waals surface area contributed by atoms with E-state index >= 15 is 0 Å². The molecule has 0 aliphatic carbocycles. The van der Waals surface area contributed by atoms with Crippen LogP contribution in [-0.2, 0) is 4.79 Å². The summed E-state index contributed by atoms with van der Waals surface area (Å²) in [5.41, 5.74) is 0. The first-order chi connectivity index (χ1) is 27.0. The monoisotopic (exact) mass is 780 g/mol. The zero-order valence-corrected chi connectivity index (χ0v) is 36.9. The quantitative estimate of drug-likeness (QED) is 0.0312. The summed E-state index contributed by atoms with van der Waals surface area (Å²) in [5.74, 6) is -0.593. The summed E-state index contributed by atoms with van der Waals surface area (Å²) in [6.07, 6.45) is 50.0. The number of carbonyl (C=O) groups is 1. The van der Waals surface area contributed by atoms with Crippen LogP contribution < -0.4 is 5.32 Å². The highest BCUT2D eigenvalue weighted by Gasteiger charge is 2.28. The van der Waals surface area contributed by atoms with Crippen molar-refractivity contribution in [1.29, 1.82) is 0 Å². The number of allylic oxidation sites excluding steroid dienone is 2. The van der Waals surface area contributed by atoms with Gasteiger partial charge in [-0.1, -0.05) is 244 Å². The van der Waals surface area contributed by atoms with Gasteiger partial charge in [-0.05, 0) is 32.1 Å². The van der Waals surface area contributed by atoms with Gasteiger partial charge < -0.3 is 25.7 Å². The van der Waals surface area contributed by atoms with Crippen LogP contribution in [0, 0.1) is 0 Å². The third kappa shape index (κ3) is 38.3. The number of nitrogens with one attached hydrogen (secondary N) is 1. The first-order valence-electron chi connectivity index (χ1n) is 24.6. The Labute approximate surface area is 342 Å². The molecule has 0 aliphatic heterocycles. The van der Waals surface area contributed by atoms with Crippen molar-refractivity contribution in [3.63, 3.8) is 0 Å². The van der Waals surface area contributed by atoms with Crippen LogP contribution in [-0.4, -0.2) is 57.3 Å². The molecule has 0 aromatic heterocycles. The number of hydrogen-bond acceptors (Lipinski definition) is 5. The van der Waals surface area contributed by atoms with Crippen LogP contribution >= 0.6 is 0 Å². The molecule has 4 unspecified atom stereocenters. The molecule has 0 spiro atoms. The van der Waals surface area contributed by atoms with Gasteiger partial charge in [0.15, 0.2) is 0 Å². The van der Waals surface area contributed by atoms with Gasteiger partial charge in [0, 0.05) is 0 Å². The highest BCUT2D eigenvalue weighted by molar-refractivity contribution is 5.80. The number of amides is 1. The topological polar surface area (TPSA) is 110 Å². The van der Waals surface area contributed by atoms with Crippen molar-refractivity contribution < 1.29 is 25.2 Å². The lowest BCUT2D eigenvalue weighted by Gasteiger charge is -2.27. The van der Waals surface area contributed by atoms with E-state index in [4.69, 9.17) is 0 Å². The molecule has 0 fully saturated rings. The summed E-state index contributed by atoms with van der Waals surface area (Å²) >= 11 is 0. The number of carbonyl (C=O) groups excluding carboxylic acids is 1. The molecule has 4 atom stereocenters. The summed E-state index contributed by atoms with van der Waals surface area (Å²) in [6, 6.07) is -0.986. The van der Waals surface area contributed by atoms with Crippen molar-refractivity contribution in [2.45, 2.75) is 289 Å². The number of aliphatic hydroxyl groups excluding tert-OH is 4. The summed E-state index contributed by atoms with van der Waals surface area (Å²) in [5, 5.41) is 43.6. The lowest BCUT2D eigenvalue weighted by molar-refractivity contribution is -0.132. The first-order valence-corrected chi connectivity index (χ1v) is 24.6. The second kappa shape index (κ2) is 44.2. The Morgan fingerprint density at radius 1 is 0.436 bits per heavy atom. The second-order valence-corrected chi connectivity index (χ2v) is 17.2. The molecule has 0 saturated heterocycles. The fourth-order valence-electron chi connectivity index (χ4n) is 7.80. The van der Waals surface area contributed by atoms with E-state index < -0.39 is 36.9 Å². The van der Waals surface area contributed by atoms with Gasteiger partial charge in [-0.25, -0.2) is 0 Å². The molecule has 0 radical (unpaired) electrons. The van der Waals surface area contributed by atoms with E-state index in [9.17, 15) is 25.2 Å². The van der Waals surface area contributed by atoms with Crippen molar-refractivity contribution in [2.24, 2.45) is 0 Å². The molecule has 0 aliphatic rings. The smallest absolute Gasteiger partial charge is 0.249 e. The number of rotatable bonds is 45. The highest BCUT2D eigenvalue weighted by Crippen LogP contribution is 2.18. The van der Waals surface area contributed by atoms with Crippen LogP contribution in [0.2, 0.25) is 0 Å². The Bertz CT molecular complexity index is 791. The third-order valence-electron chi connectivity index (χ3n) is 11.7. The van der Waals surface area contributed by atoms with E-state index in [2.05, 4.69) is 31.3 Å². The molecule has 0 aromatic rings. The fraction of sp³-hybridized carbons (Fsp3) is 0.939. The molecular weight excluding hydrogens is 683 g/mol. The molecule has 0 heterocycles. The van der Waals surface area contributed by atoms with Crippen molar-refractivity contribution >= 4 is 5.91 Å². The molecule has 0 rings (SSSR count). The standard InChI is InChI=1S/C49H97NO5/c1-3-5-7-9-11-13-15-16-17-18-19-20-21-22-23-24-25-26-27-28-29-30-31-32-33-35-36-38-40-42-46(52)48(54)45(44-51)50-49(55)47(53)43-41-39-37-34-14-12-10-8-6-4-2/h10,12,45-48,51-54H,3-9,11,13-44H2,1-2H3,(H,50,55)/b12-10-. The van der Waals surface area contributed by atoms with Gasteiger partial charge >= 0.3 is 0 Å². The molecule has 0 bridgehead atoms. The summed E-state index contributed by atoms with van der Waals surface area (Å²) in [6.45, 7) is 4.01. The highest BCUT2D eigenvalue weighted by atomic mass is 16.3. The predicted octanol–water partition coefficient (Wildman–Crippen LogP) is 13.4. The maximum Gasteiger partial charge on any atom is 0.249 e. The lowest BCUT2D eigenvalue weighted by Crippen LogP contribution is -2.53. The molecule has 0 aromatic carbocycles. The van der Waals surface area contributed by atoms with Crippen molar-refractivity contribution in [2.75, 3.05) is 6.61 Å². The molecule has 55 heavy (non-hydrogen) atoms. The normalized spacial score (nSPS) is 14.1. The summed E-state index contributed by atoms with van der Waals surface area (Å²) in [4.78, 5) is 12.5. The minimum atomic E-state index is -1.26. The van der Waals surface area contributed by atoms with Crippen LogP contribution in [0.25, 0.3) is 0 Å². The van der Waals surface area contributed by atoms with Crippen molar-refractivity contribution in [3.8, 4) is 0 Å². The maximum absolute atomic E-state index is 12.5. The van der Waals surface area contributed by atoms with Crippen LogP contribution in [0.15, 0.2) is 12.2 Å². The first kappa shape index (κ1) is 54.0. The molecular formula is C49H97NO5. The lowest BCUT2D eigenvalue weighted by atomic mass is 9.99. The average molecular weight is 780 g/mol. The Hall–Kier alpha value is -0.950. The van der Waals surface area contributed by atoms with E-state index in [1.165, 1.54) is 180 Å². The minimum absolute atomic E-state index is 0.356. The van der Waals surface area contributed by atoms with E-state index in [0.29, 0.717) is 12.8 Å². The third-order valence-corrected chi connectivity index (χ3v) is 11.7. The second-order valence-electron chi connectivity index (χ2n) is 17.2. The number of aliphatic hydroxyl groups is 4. The largest absolute Gasteiger partial charge is 0.394 e. The Morgan fingerprint density at radius 3 is 1.11 bits per heavy atom. The van der Waals surface area contributed by atoms with Crippen molar-refractivity contribution in [3.05, 3.63) is 12.2 Å². The predicted molar refractivity (Wildman–Crippen MR) is 238 cm³/mol. The Balaban J connectivity index is 3.55. The molecule has 5 N–H and O–H groups in total. The summed E-state index contributed by atoms with van der Waals surface area (Å²) in [7, 11) is 0. The zero-order chi connectivity index (χ0) is 40.3. The van der Waals surface area contributed by atoms with Crippen LogP contribution in [0.3, 0.4) is 0 Å². The van der Waals surface area contributed by atoms with Gasteiger partial charge in [-0.15, -0.1) is 0 Å².